The first-order chi connectivity index (χ1) is 9.70. The summed E-state index contributed by atoms with van der Waals surface area (Å²) in [5.41, 5.74) is 2.66. The summed E-state index contributed by atoms with van der Waals surface area (Å²) in [6.07, 6.45) is 4.09. The van der Waals surface area contributed by atoms with Crippen LogP contribution in [0.1, 0.15) is 18.9 Å². The van der Waals surface area contributed by atoms with Gasteiger partial charge in [-0.05, 0) is 25.5 Å². The van der Waals surface area contributed by atoms with Gasteiger partial charge in [-0.2, -0.15) is 5.10 Å². The van der Waals surface area contributed by atoms with Gasteiger partial charge >= 0.3 is 0 Å². The lowest BCUT2D eigenvalue weighted by Crippen LogP contribution is -2.20. The molecule has 0 unspecified atom stereocenters. The normalized spacial score (nSPS) is 11.1. The molecule has 0 fully saturated rings. The van der Waals surface area contributed by atoms with E-state index in [1.165, 1.54) is 5.56 Å². The van der Waals surface area contributed by atoms with Gasteiger partial charge in [-0.15, -0.1) is 0 Å². The van der Waals surface area contributed by atoms with E-state index in [4.69, 9.17) is 0 Å². The van der Waals surface area contributed by atoms with Gasteiger partial charge < -0.3 is 0 Å². The minimum absolute atomic E-state index is 0.0322. The number of hydrogen-bond donors (Lipinski definition) is 0. The second-order valence-corrected chi connectivity index (χ2v) is 4.87. The van der Waals surface area contributed by atoms with Crippen LogP contribution in [0.5, 0.6) is 0 Å². The minimum atomic E-state index is -0.0322. The Bertz CT molecular complexity index is 799. The van der Waals surface area contributed by atoms with Crippen molar-refractivity contribution in [1.29, 1.82) is 0 Å². The number of nitrogens with zero attached hydrogens (tertiary/aromatic N) is 4. The second-order valence-electron chi connectivity index (χ2n) is 4.87. The monoisotopic (exact) mass is 268 g/mol. The number of aromatic nitrogens is 4. The Kier molecular flexibility index (Phi) is 3.10. The Hall–Kier alpha value is -2.43. The smallest absolute Gasteiger partial charge is 0.264 e. The fraction of sp³-hybridized carbons (Fsp3) is 0.267. The van der Waals surface area contributed by atoms with Crippen molar-refractivity contribution in [1.82, 2.24) is 19.3 Å². The molecule has 2 aromatic heterocycles. The molecule has 0 aliphatic heterocycles. The average molecular weight is 268 g/mol. The Morgan fingerprint density at radius 3 is 2.65 bits per heavy atom. The predicted octanol–water partition coefficient (Wildman–Crippen LogP) is 2.30. The molecular weight excluding hydrogens is 252 g/mol. The van der Waals surface area contributed by atoms with Crippen LogP contribution in [0.15, 0.2) is 41.6 Å². The Labute approximate surface area is 116 Å². The van der Waals surface area contributed by atoms with E-state index in [2.05, 4.69) is 10.1 Å². The molecule has 0 saturated carbocycles. The third-order valence-electron chi connectivity index (χ3n) is 3.30. The van der Waals surface area contributed by atoms with E-state index >= 15 is 0 Å². The largest absolute Gasteiger partial charge is 0.299 e. The highest BCUT2D eigenvalue weighted by atomic mass is 16.1. The van der Waals surface area contributed by atoms with Crippen molar-refractivity contribution in [2.75, 3.05) is 0 Å². The third kappa shape index (κ3) is 2.01. The van der Waals surface area contributed by atoms with Gasteiger partial charge in [0.2, 0.25) is 0 Å². The predicted molar refractivity (Wildman–Crippen MR) is 78.2 cm³/mol. The fourth-order valence-electron chi connectivity index (χ4n) is 2.22. The first kappa shape index (κ1) is 12.6. The quantitative estimate of drug-likeness (QED) is 0.732. The van der Waals surface area contributed by atoms with Crippen LogP contribution in [0, 0.1) is 6.92 Å². The van der Waals surface area contributed by atoms with Gasteiger partial charge in [0.1, 0.15) is 5.39 Å². The standard InChI is InChI=1S/C15H16N4O/c1-3-8-18-10-16-14-13(15(18)20)9-17-19(14)12-6-4-11(2)5-7-12/h4-7,9-10H,3,8H2,1-2H3. The molecule has 102 valence electrons. The van der Waals surface area contributed by atoms with Gasteiger partial charge in [0.05, 0.1) is 18.2 Å². The molecule has 0 radical (unpaired) electrons. The van der Waals surface area contributed by atoms with Crippen LogP contribution in [0.25, 0.3) is 16.7 Å². The summed E-state index contributed by atoms with van der Waals surface area (Å²) in [5, 5.41) is 4.86. The zero-order valence-corrected chi connectivity index (χ0v) is 11.6. The number of fused-ring (bicyclic) bond motifs is 1. The minimum Gasteiger partial charge on any atom is -0.299 e. The zero-order valence-electron chi connectivity index (χ0n) is 11.6. The van der Waals surface area contributed by atoms with Crippen molar-refractivity contribution in [3.05, 3.63) is 52.7 Å². The van der Waals surface area contributed by atoms with Gasteiger partial charge in [-0.3, -0.25) is 9.36 Å². The molecule has 0 spiro atoms. The van der Waals surface area contributed by atoms with E-state index in [-0.39, 0.29) is 5.56 Å². The lowest BCUT2D eigenvalue weighted by Gasteiger charge is -2.05. The molecule has 0 atom stereocenters. The molecule has 1 aromatic carbocycles. The van der Waals surface area contributed by atoms with Crippen LogP contribution >= 0.6 is 0 Å². The van der Waals surface area contributed by atoms with E-state index in [1.807, 2.05) is 38.1 Å². The molecule has 0 aliphatic rings. The Morgan fingerprint density at radius 1 is 1.20 bits per heavy atom. The van der Waals surface area contributed by atoms with Crippen molar-refractivity contribution in [3.8, 4) is 5.69 Å². The first-order valence-electron chi connectivity index (χ1n) is 6.71. The van der Waals surface area contributed by atoms with Crippen molar-refractivity contribution in [3.63, 3.8) is 0 Å². The number of hydrogen-bond acceptors (Lipinski definition) is 3. The molecule has 5 heteroatoms. The average Bonchev–Trinajstić information content (AvgIpc) is 2.88. The highest BCUT2D eigenvalue weighted by Crippen LogP contribution is 2.14. The lowest BCUT2D eigenvalue weighted by molar-refractivity contribution is 0.647. The molecule has 3 aromatic rings. The molecular formula is C15H16N4O. The summed E-state index contributed by atoms with van der Waals surface area (Å²) in [4.78, 5) is 16.7. The van der Waals surface area contributed by atoms with Gasteiger partial charge in [-0.25, -0.2) is 9.67 Å². The molecule has 0 N–H and O–H groups in total. The zero-order chi connectivity index (χ0) is 14.1. The Balaban J connectivity index is 2.17. The van der Waals surface area contributed by atoms with E-state index in [1.54, 1.807) is 21.8 Å². The van der Waals surface area contributed by atoms with Crippen LogP contribution in [-0.2, 0) is 6.54 Å². The van der Waals surface area contributed by atoms with Crippen molar-refractivity contribution >= 4 is 11.0 Å². The van der Waals surface area contributed by atoms with Crippen molar-refractivity contribution < 1.29 is 0 Å². The molecule has 5 nitrogen and oxygen atoms in total. The van der Waals surface area contributed by atoms with Crippen LogP contribution in [0.2, 0.25) is 0 Å². The number of rotatable bonds is 3. The summed E-state index contributed by atoms with van der Waals surface area (Å²) >= 11 is 0. The van der Waals surface area contributed by atoms with Gasteiger partial charge in [0, 0.05) is 6.54 Å². The van der Waals surface area contributed by atoms with Crippen LogP contribution in [0.3, 0.4) is 0 Å². The van der Waals surface area contributed by atoms with E-state index in [9.17, 15) is 4.79 Å². The molecule has 0 aliphatic carbocycles. The summed E-state index contributed by atoms with van der Waals surface area (Å²) in [7, 11) is 0. The lowest BCUT2D eigenvalue weighted by atomic mass is 10.2. The van der Waals surface area contributed by atoms with Gasteiger partial charge in [-0.1, -0.05) is 24.6 Å². The van der Waals surface area contributed by atoms with E-state index < -0.39 is 0 Å². The molecule has 2 heterocycles. The maximum atomic E-state index is 12.3. The number of aryl methyl sites for hydroxylation is 2. The third-order valence-corrected chi connectivity index (χ3v) is 3.30. The molecule has 0 bridgehead atoms. The number of benzene rings is 1. The summed E-state index contributed by atoms with van der Waals surface area (Å²) < 4.78 is 3.33. The topological polar surface area (TPSA) is 52.7 Å². The van der Waals surface area contributed by atoms with Crippen LogP contribution in [-0.4, -0.2) is 19.3 Å². The Morgan fingerprint density at radius 2 is 1.95 bits per heavy atom. The van der Waals surface area contributed by atoms with Crippen molar-refractivity contribution in [2.45, 2.75) is 26.8 Å². The molecule has 3 rings (SSSR count). The molecule has 0 amide bonds. The maximum Gasteiger partial charge on any atom is 0.264 e. The van der Waals surface area contributed by atoms with Crippen LogP contribution < -0.4 is 5.56 Å². The van der Waals surface area contributed by atoms with E-state index in [0.717, 1.165) is 12.1 Å². The highest BCUT2D eigenvalue weighted by Gasteiger charge is 2.10. The summed E-state index contributed by atoms with van der Waals surface area (Å²) in [6, 6.07) is 7.98. The molecule has 0 saturated heterocycles. The summed E-state index contributed by atoms with van der Waals surface area (Å²) in [6.45, 7) is 4.75. The fourth-order valence-corrected chi connectivity index (χ4v) is 2.22. The SMILES string of the molecule is CCCn1cnc2c(cnn2-c2ccc(C)cc2)c1=O. The first-order valence-corrected chi connectivity index (χ1v) is 6.71. The van der Waals surface area contributed by atoms with Crippen molar-refractivity contribution in [2.24, 2.45) is 0 Å². The second kappa shape index (κ2) is 4.92. The van der Waals surface area contributed by atoms with Gasteiger partial charge in [0.15, 0.2) is 5.65 Å². The maximum absolute atomic E-state index is 12.3. The highest BCUT2D eigenvalue weighted by molar-refractivity contribution is 5.74. The molecule has 20 heavy (non-hydrogen) atoms. The van der Waals surface area contributed by atoms with Gasteiger partial charge in [0.25, 0.3) is 5.56 Å². The van der Waals surface area contributed by atoms with Crippen LogP contribution in [0.4, 0.5) is 0 Å². The summed E-state index contributed by atoms with van der Waals surface area (Å²) in [5.74, 6) is 0. The van der Waals surface area contributed by atoms with E-state index in [0.29, 0.717) is 17.6 Å².